The monoisotopic (exact) mass is 874 g/mol. The quantitative estimate of drug-likeness (QED) is 0.154. The number of hydrogen-bond donors (Lipinski definition) is 1. The number of nitrogens with one attached hydrogen (secondary N) is 1. The van der Waals surface area contributed by atoms with Crippen molar-refractivity contribution in [2.75, 3.05) is 0 Å². The molecule has 2 atom stereocenters. The van der Waals surface area contributed by atoms with E-state index in [1.54, 1.807) is 0 Å². The Morgan fingerprint density at radius 3 is 1.82 bits per heavy atom. The van der Waals surface area contributed by atoms with E-state index in [0.29, 0.717) is 0 Å². The summed E-state index contributed by atoms with van der Waals surface area (Å²) in [6.07, 6.45) is 16.3. The number of aromatic nitrogens is 1. The van der Waals surface area contributed by atoms with E-state index in [1.165, 1.54) is 77.6 Å². The molecule has 1 aliphatic heterocycles. The molecule has 12 rings (SSSR count). The van der Waals surface area contributed by atoms with Gasteiger partial charge in [0.25, 0.3) is 0 Å². The second kappa shape index (κ2) is 17.8. The normalized spacial score (nSPS) is 16.8. The van der Waals surface area contributed by atoms with E-state index in [2.05, 4.69) is 241 Å². The topological polar surface area (TPSA) is 41.7 Å². The van der Waals surface area contributed by atoms with Crippen LogP contribution in [0.4, 0.5) is 0 Å². The molecule has 1 N–H and O–H groups in total. The van der Waals surface area contributed by atoms with Crippen LogP contribution in [0.15, 0.2) is 241 Å². The van der Waals surface area contributed by atoms with Gasteiger partial charge in [-0.1, -0.05) is 170 Å². The van der Waals surface area contributed by atoms with Crippen molar-refractivity contribution in [3.63, 3.8) is 0 Å². The fraction of sp³-hybridized carbons (Fsp3) is 0.0938. The van der Waals surface area contributed by atoms with E-state index in [1.807, 2.05) is 6.07 Å². The number of aliphatic imine (C=N–C) groups is 2. The van der Waals surface area contributed by atoms with Gasteiger partial charge in [-0.15, -0.1) is 0 Å². The lowest BCUT2D eigenvalue weighted by atomic mass is 9.87. The minimum absolute atomic E-state index is 0.0841. The molecule has 2 heterocycles. The summed E-state index contributed by atoms with van der Waals surface area (Å²) in [7, 11) is 0. The summed E-state index contributed by atoms with van der Waals surface area (Å²) < 4.78 is 2.41. The molecule has 326 valence electrons. The maximum Gasteiger partial charge on any atom is 0.159 e. The average molecular weight is 875 g/mol. The van der Waals surface area contributed by atoms with Gasteiger partial charge in [-0.25, -0.2) is 9.98 Å². The number of para-hydroxylation sites is 1. The molecule has 4 nitrogen and oxygen atoms in total. The molecule has 68 heavy (non-hydrogen) atoms. The molecule has 9 aromatic rings. The molecule has 0 bridgehead atoms. The first kappa shape index (κ1) is 41.1. The van der Waals surface area contributed by atoms with Crippen molar-refractivity contribution < 1.29 is 0 Å². The molecule has 2 aliphatic carbocycles. The van der Waals surface area contributed by atoms with Crippen LogP contribution in [0.3, 0.4) is 0 Å². The van der Waals surface area contributed by atoms with Crippen molar-refractivity contribution in [2.45, 2.75) is 32.4 Å². The molecular formula is C64H50N4. The van der Waals surface area contributed by atoms with Gasteiger partial charge < -0.3 is 9.88 Å². The Labute approximate surface area is 398 Å². The molecule has 3 aliphatic rings. The maximum absolute atomic E-state index is 5.37. The molecule has 2 unspecified atom stereocenters. The Morgan fingerprint density at radius 2 is 1.10 bits per heavy atom. The van der Waals surface area contributed by atoms with E-state index in [-0.39, 0.29) is 12.1 Å². The van der Waals surface area contributed by atoms with Gasteiger partial charge in [0, 0.05) is 33.5 Å². The third-order valence-electron chi connectivity index (χ3n) is 13.8. The number of rotatable bonds is 9. The second-order valence-corrected chi connectivity index (χ2v) is 18.2. The van der Waals surface area contributed by atoms with Crippen LogP contribution >= 0.6 is 0 Å². The Kier molecular flexibility index (Phi) is 10.8. The van der Waals surface area contributed by atoms with Crippen molar-refractivity contribution in [1.82, 2.24) is 9.88 Å². The smallest absolute Gasteiger partial charge is 0.159 e. The second-order valence-electron chi connectivity index (χ2n) is 18.2. The standard InChI is InChI=1S/C64H50N4/c1-43-18-14-15-31-57(43)55-39-53(45-21-8-3-9-22-45)38-54(40-55)48-26-17-28-52(37-48)64-66-62(46-23-10-4-11-24-46)65-63(67-64)51-27-16-25-47(36-51)50-33-35-61-59(42-50)58-41-49(44-19-6-2-7-20-44)32-34-60(58)68(61)56-29-12-5-13-30-56/h2-6,8-19,21-35,37-42,51,63H,7,20,36H2,1H3,(H,65,66,67). The molecule has 0 spiro atoms. The van der Waals surface area contributed by atoms with Gasteiger partial charge in [-0.3, -0.25) is 0 Å². The summed E-state index contributed by atoms with van der Waals surface area (Å²) >= 11 is 0. The van der Waals surface area contributed by atoms with Gasteiger partial charge in [0.1, 0.15) is 12.0 Å². The number of benzene rings is 8. The number of hydrogen-bond acceptors (Lipinski definition) is 3. The zero-order valence-electron chi connectivity index (χ0n) is 38.1. The summed E-state index contributed by atoms with van der Waals surface area (Å²) in [4.78, 5) is 10.6. The van der Waals surface area contributed by atoms with Gasteiger partial charge in [-0.05, 0) is 148 Å². The Morgan fingerprint density at radius 1 is 0.500 bits per heavy atom. The SMILES string of the molecule is Cc1ccccc1-c1cc(-c2ccccc2)cc(-c2cccc(C3=NC(c4ccccc4)=NC(C4C=CC=C(c5ccc6c(c5)c5cc(C7=CC=CCC7)ccc5n6-c5ccccc5)C4)N3)c2)c1. The lowest BCUT2D eigenvalue weighted by molar-refractivity contribution is 0.480. The number of allylic oxidation sites excluding steroid dienone is 7. The highest BCUT2D eigenvalue weighted by Crippen LogP contribution is 2.39. The van der Waals surface area contributed by atoms with Gasteiger partial charge in [-0.2, -0.15) is 0 Å². The van der Waals surface area contributed by atoms with Crippen LogP contribution in [0, 0.1) is 12.8 Å². The minimum atomic E-state index is -0.237. The molecule has 0 radical (unpaired) electrons. The highest BCUT2D eigenvalue weighted by molar-refractivity contribution is 6.14. The van der Waals surface area contributed by atoms with Crippen LogP contribution in [0.5, 0.6) is 0 Å². The van der Waals surface area contributed by atoms with Crippen molar-refractivity contribution in [1.29, 1.82) is 0 Å². The van der Waals surface area contributed by atoms with Crippen molar-refractivity contribution in [2.24, 2.45) is 15.9 Å². The number of nitrogens with zero attached hydrogens (tertiary/aromatic N) is 3. The minimum Gasteiger partial charge on any atom is -0.347 e. The third-order valence-corrected chi connectivity index (χ3v) is 13.8. The van der Waals surface area contributed by atoms with E-state index in [0.717, 1.165) is 53.2 Å². The van der Waals surface area contributed by atoms with E-state index in [9.17, 15) is 0 Å². The fourth-order valence-corrected chi connectivity index (χ4v) is 10.3. The lowest BCUT2D eigenvalue weighted by Crippen LogP contribution is -2.43. The van der Waals surface area contributed by atoms with Gasteiger partial charge in [0.15, 0.2) is 5.84 Å². The van der Waals surface area contributed by atoms with E-state index in [4.69, 9.17) is 9.98 Å². The van der Waals surface area contributed by atoms with Crippen molar-refractivity contribution in [3.05, 3.63) is 258 Å². The third kappa shape index (κ3) is 7.94. The summed E-state index contributed by atoms with van der Waals surface area (Å²) in [6.45, 7) is 2.19. The molecule has 0 amide bonds. The van der Waals surface area contributed by atoms with Crippen LogP contribution in [-0.4, -0.2) is 22.4 Å². The number of amidine groups is 2. The van der Waals surface area contributed by atoms with Crippen LogP contribution in [0.2, 0.25) is 0 Å². The molecular weight excluding hydrogens is 825 g/mol. The molecule has 8 aromatic carbocycles. The van der Waals surface area contributed by atoms with Crippen LogP contribution in [0.25, 0.3) is 72.0 Å². The van der Waals surface area contributed by atoms with E-state index >= 15 is 0 Å². The summed E-state index contributed by atoms with van der Waals surface area (Å²) in [6, 6.07) is 70.3. The molecule has 0 saturated carbocycles. The maximum atomic E-state index is 5.37. The molecule has 0 saturated heterocycles. The molecule has 4 heteroatoms. The van der Waals surface area contributed by atoms with Crippen LogP contribution < -0.4 is 5.32 Å². The summed E-state index contributed by atoms with van der Waals surface area (Å²) in [5.74, 6) is 1.64. The summed E-state index contributed by atoms with van der Waals surface area (Å²) in [5, 5.41) is 6.39. The van der Waals surface area contributed by atoms with Gasteiger partial charge in [0.05, 0.1) is 11.0 Å². The van der Waals surface area contributed by atoms with Crippen molar-refractivity contribution >= 4 is 44.6 Å². The van der Waals surface area contributed by atoms with E-state index < -0.39 is 0 Å². The zero-order chi connectivity index (χ0) is 45.4. The van der Waals surface area contributed by atoms with Crippen LogP contribution in [-0.2, 0) is 0 Å². The highest BCUT2D eigenvalue weighted by atomic mass is 15.2. The zero-order valence-corrected chi connectivity index (χ0v) is 38.1. The number of fused-ring (bicyclic) bond motifs is 3. The van der Waals surface area contributed by atoms with Gasteiger partial charge >= 0.3 is 0 Å². The lowest BCUT2D eigenvalue weighted by Gasteiger charge is -2.30. The van der Waals surface area contributed by atoms with Crippen molar-refractivity contribution in [3.8, 4) is 39.1 Å². The summed E-state index contributed by atoms with van der Waals surface area (Å²) in [5.41, 5.74) is 19.2. The average Bonchev–Trinajstić information content (AvgIpc) is 3.75. The van der Waals surface area contributed by atoms with Gasteiger partial charge in [0.2, 0.25) is 0 Å². The largest absolute Gasteiger partial charge is 0.347 e. The van der Waals surface area contributed by atoms with Crippen LogP contribution in [0.1, 0.15) is 47.1 Å². The Hall–Kier alpha value is -8.34. The molecule has 1 aromatic heterocycles. The predicted octanol–water partition coefficient (Wildman–Crippen LogP) is 15.6. The fourth-order valence-electron chi connectivity index (χ4n) is 10.3. The first-order valence-electron chi connectivity index (χ1n) is 23.8. The number of aryl methyl sites for hydroxylation is 1. The Bertz CT molecular complexity index is 3570. The first-order valence-corrected chi connectivity index (χ1v) is 23.8. The predicted molar refractivity (Wildman–Crippen MR) is 286 cm³/mol. The molecule has 0 fully saturated rings. The highest BCUT2D eigenvalue weighted by Gasteiger charge is 2.28. The Balaban J connectivity index is 0.893. The first-order chi connectivity index (χ1) is 33.6.